The van der Waals surface area contributed by atoms with E-state index in [1.165, 1.54) is 5.69 Å². The highest BCUT2D eigenvalue weighted by atomic mass is 15.2. The summed E-state index contributed by atoms with van der Waals surface area (Å²) >= 11 is 0. The lowest BCUT2D eigenvalue weighted by atomic mass is 10.2. The Labute approximate surface area is 166 Å². The molecule has 144 valence electrons. The van der Waals surface area contributed by atoms with Crippen LogP contribution in [0.25, 0.3) is 0 Å². The van der Waals surface area contributed by atoms with Crippen molar-refractivity contribution in [3.05, 3.63) is 66.5 Å². The fourth-order valence-electron chi connectivity index (χ4n) is 3.33. The molecule has 6 heteroatoms. The number of aromatic nitrogens is 2. The average molecular weight is 374 g/mol. The number of para-hydroxylation sites is 1. The van der Waals surface area contributed by atoms with Gasteiger partial charge in [0.2, 0.25) is 0 Å². The van der Waals surface area contributed by atoms with E-state index in [0.717, 1.165) is 55.0 Å². The first-order valence-corrected chi connectivity index (χ1v) is 9.64. The van der Waals surface area contributed by atoms with Crippen molar-refractivity contribution in [2.24, 2.45) is 0 Å². The Kier molecular flexibility index (Phi) is 5.39. The first kappa shape index (κ1) is 18.3. The van der Waals surface area contributed by atoms with Crippen molar-refractivity contribution < 1.29 is 0 Å². The molecule has 0 saturated carbocycles. The lowest BCUT2D eigenvalue weighted by Gasteiger charge is -2.34. The Hall–Kier alpha value is -3.12. The molecule has 0 bridgehead atoms. The molecule has 1 fully saturated rings. The molecule has 1 aromatic heterocycles. The summed E-state index contributed by atoms with van der Waals surface area (Å²) in [7, 11) is 2.18. The van der Waals surface area contributed by atoms with Crippen molar-refractivity contribution in [3.63, 3.8) is 0 Å². The largest absolute Gasteiger partial charge is 0.369 e. The minimum Gasteiger partial charge on any atom is -0.369 e. The molecule has 1 aliphatic rings. The van der Waals surface area contributed by atoms with E-state index in [1.807, 2.05) is 43.3 Å². The number of anilines is 5. The van der Waals surface area contributed by atoms with Crippen molar-refractivity contribution in [1.82, 2.24) is 14.9 Å². The van der Waals surface area contributed by atoms with E-state index < -0.39 is 0 Å². The van der Waals surface area contributed by atoms with Crippen molar-refractivity contribution >= 4 is 28.7 Å². The minimum absolute atomic E-state index is 0.720. The van der Waals surface area contributed by atoms with E-state index in [9.17, 15) is 0 Å². The lowest BCUT2D eigenvalue weighted by molar-refractivity contribution is 0.313. The highest BCUT2D eigenvalue weighted by molar-refractivity contribution is 5.65. The van der Waals surface area contributed by atoms with Crippen LogP contribution < -0.4 is 15.5 Å². The fourth-order valence-corrected chi connectivity index (χ4v) is 3.33. The third kappa shape index (κ3) is 4.58. The lowest BCUT2D eigenvalue weighted by Crippen LogP contribution is -2.44. The third-order valence-corrected chi connectivity index (χ3v) is 4.89. The van der Waals surface area contributed by atoms with Gasteiger partial charge >= 0.3 is 0 Å². The number of aryl methyl sites for hydroxylation is 1. The number of benzene rings is 2. The molecular formula is C22H26N6. The number of likely N-dealkylation sites (N-methyl/N-ethyl adjacent to an activating group) is 1. The Morgan fingerprint density at radius 1 is 0.750 bits per heavy atom. The van der Waals surface area contributed by atoms with Gasteiger partial charge in [-0.25, -0.2) is 9.97 Å². The number of nitrogens with zero attached hydrogens (tertiary/aromatic N) is 4. The summed E-state index contributed by atoms with van der Waals surface area (Å²) in [4.78, 5) is 13.8. The van der Waals surface area contributed by atoms with Crippen molar-refractivity contribution in [1.29, 1.82) is 0 Å². The molecule has 2 N–H and O–H groups in total. The van der Waals surface area contributed by atoms with Gasteiger partial charge < -0.3 is 20.4 Å². The van der Waals surface area contributed by atoms with Crippen LogP contribution in [0, 0.1) is 6.92 Å². The van der Waals surface area contributed by atoms with Crippen LogP contribution in [0.1, 0.15) is 5.82 Å². The molecule has 2 heterocycles. The maximum atomic E-state index is 4.51. The van der Waals surface area contributed by atoms with Crippen LogP contribution in [0.3, 0.4) is 0 Å². The van der Waals surface area contributed by atoms with Crippen LogP contribution in [-0.4, -0.2) is 48.1 Å². The van der Waals surface area contributed by atoms with E-state index in [-0.39, 0.29) is 0 Å². The van der Waals surface area contributed by atoms with Gasteiger partial charge in [0, 0.05) is 49.3 Å². The maximum absolute atomic E-state index is 4.51. The zero-order valence-electron chi connectivity index (χ0n) is 16.4. The van der Waals surface area contributed by atoms with Crippen molar-refractivity contribution in [2.45, 2.75) is 6.92 Å². The van der Waals surface area contributed by atoms with Gasteiger partial charge in [0.1, 0.15) is 17.5 Å². The molecule has 2 aromatic carbocycles. The Bertz CT molecular complexity index is 902. The van der Waals surface area contributed by atoms with Gasteiger partial charge in [-0.05, 0) is 50.4 Å². The highest BCUT2D eigenvalue weighted by Gasteiger charge is 2.14. The van der Waals surface area contributed by atoms with E-state index in [1.54, 1.807) is 0 Å². The molecule has 6 nitrogen and oxygen atoms in total. The van der Waals surface area contributed by atoms with Gasteiger partial charge in [0.15, 0.2) is 0 Å². The SMILES string of the molecule is Cc1nc(Nc2ccccc2)cc(Nc2ccc(N3CCN(C)CC3)cc2)n1. The second-order valence-corrected chi connectivity index (χ2v) is 7.14. The highest BCUT2D eigenvalue weighted by Crippen LogP contribution is 2.23. The zero-order chi connectivity index (χ0) is 19.3. The monoisotopic (exact) mass is 374 g/mol. The van der Waals surface area contributed by atoms with Gasteiger partial charge in [0.25, 0.3) is 0 Å². The maximum Gasteiger partial charge on any atom is 0.136 e. The van der Waals surface area contributed by atoms with Crippen LogP contribution in [-0.2, 0) is 0 Å². The van der Waals surface area contributed by atoms with Crippen LogP contribution in [0.4, 0.5) is 28.7 Å². The number of hydrogen-bond donors (Lipinski definition) is 2. The van der Waals surface area contributed by atoms with Gasteiger partial charge in [-0.15, -0.1) is 0 Å². The summed E-state index contributed by atoms with van der Waals surface area (Å²) in [5.41, 5.74) is 3.29. The van der Waals surface area contributed by atoms with Gasteiger partial charge in [0.05, 0.1) is 0 Å². The van der Waals surface area contributed by atoms with Gasteiger partial charge in [-0.1, -0.05) is 18.2 Å². The quantitative estimate of drug-likeness (QED) is 0.703. The predicted molar refractivity (Wildman–Crippen MR) is 116 cm³/mol. The molecule has 0 amide bonds. The number of hydrogen-bond acceptors (Lipinski definition) is 6. The Morgan fingerprint density at radius 3 is 1.93 bits per heavy atom. The van der Waals surface area contributed by atoms with E-state index in [2.05, 4.69) is 61.7 Å². The Morgan fingerprint density at radius 2 is 1.32 bits per heavy atom. The van der Waals surface area contributed by atoms with Crippen LogP contribution in [0.2, 0.25) is 0 Å². The Balaban J connectivity index is 1.45. The molecule has 0 radical (unpaired) electrons. The van der Waals surface area contributed by atoms with Crippen LogP contribution in [0.5, 0.6) is 0 Å². The molecule has 1 saturated heterocycles. The molecular weight excluding hydrogens is 348 g/mol. The molecule has 3 aromatic rings. The molecule has 0 spiro atoms. The normalized spacial score (nSPS) is 14.7. The second-order valence-electron chi connectivity index (χ2n) is 7.14. The molecule has 28 heavy (non-hydrogen) atoms. The molecule has 0 atom stereocenters. The summed E-state index contributed by atoms with van der Waals surface area (Å²) < 4.78 is 0. The summed E-state index contributed by atoms with van der Waals surface area (Å²) in [5.74, 6) is 2.27. The van der Waals surface area contributed by atoms with Gasteiger partial charge in [-0.2, -0.15) is 0 Å². The zero-order valence-corrected chi connectivity index (χ0v) is 16.4. The minimum atomic E-state index is 0.720. The average Bonchev–Trinajstić information content (AvgIpc) is 2.70. The van der Waals surface area contributed by atoms with E-state index in [0.29, 0.717) is 0 Å². The standard InChI is InChI=1S/C22H26N6/c1-17-23-21(25-18-6-4-3-5-7-18)16-22(24-17)26-19-8-10-20(11-9-19)28-14-12-27(2)13-15-28/h3-11,16H,12-15H2,1-2H3,(H2,23,24,25,26). The topological polar surface area (TPSA) is 56.3 Å². The number of rotatable bonds is 5. The van der Waals surface area contributed by atoms with E-state index in [4.69, 9.17) is 0 Å². The fraction of sp³-hybridized carbons (Fsp3) is 0.273. The molecule has 0 aliphatic carbocycles. The van der Waals surface area contributed by atoms with Gasteiger partial charge in [-0.3, -0.25) is 0 Å². The second kappa shape index (κ2) is 8.27. The molecule has 4 rings (SSSR count). The predicted octanol–water partition coefficient (Wildman–Crippen LogP) is 4.02. The first-order chi connectivity index (χ1) is 13.7. The number of piperazine rings is 1. The molecule has 0 unspecified atom stereocenters. The summed E-state index contributed by atoms with van der Waals surface area (Å²) in [5, 5.41) is 6.72. The van der Waals surface area contributed by atoms with Crippen LogP contribution >= 0.6 is 0 Å². The smallest absolute Gasteiger partial charge is 0.136 e. The van der Waals surface area contributed by atoms with Crippen molar-refractivity contribution in [2.75, 3.05) is 48.8 Å². The number of nitrogens with one attached hydrogen (secondary N) is 2. The first-order valence-electron chi connectivity index (χ1n) is 9.64. The van der Waals surface area contributed by atoms with Crippen LogP contribution in [0.15, 0.2) is 60.7 Å². The van der Waals surface area contributed by atoms with E-state index >= 15 is 0 Å². The summed E-state index contributed by atoms with van der Waals surface area (Å²) in [6, 6.07) is 20.5. The summed E-state index contributed by atoms with van der Waals surface area (Å²) in [6.07, 6.45) is 0. The third-order valence-electron chi connectivity index (χ3n) is 4.89. The van der Waals surface area contributed by atoms with Crippen molar-refractivity contribution in [3.8, 4) is 0 Å². The molecule has 1 aliphatic heterocycles. The summed E-state index contributed by atoms with van der Waals surface area (Å²) in [6.45, 7) is 6.26.